The topological polar surface area (TPSA) is 75.6 Å². The summed E-state index contributed by atoms with van der Waals surface area (Å²) in [4.78, 5) is 24.0. The molecule has 2 aliphatic heterocycles. The Kier molecular flexibility index (Phi) is 3.67. The minimum Gasteiger partial charge on any atom is -0.481 e. The molecule has 5 nitrogen and oxygen atoms in total. The molecule has 2 bridgehead atoms. The minimum atomic E-state index is -4.63. The maximum absolute atomic E-state index is 13.0. The Morgan fingerprint density at radius 2 is 1.96 bits per heavy atom. The molecule has 1 saturated heterocycles. The van der Waals surface area contributed by atoms with Gasteiger partial charge in [-0.15, -0.1) is 0 Å². The predicted molar refractivity (Wildman–Crippen MR) is 77.1 cm³/mol. The normalized spacial score (nSPS) is 31.2. The highest BCUT2D eigenvalue weighted by molar-refractivity contribution is 5.97. The molecule has 0 radical (unpaired) electrons. The Labute approximate surface area is 135 Å². The van der Waals surface area contributed by atoms with Crippen molar-refractivity contribution < 1.29 is 32.6 Å². The quantitative estimate of drug-likeness (QED) is 0.829. The maximum Gasteiger partial charge on any atom is 0.418 e. The van der Waals surface area contributed by atoms with Crippen LogP contribution in [0.15, 0.2) is 36.4 Å². The SMILES string of the molecule is C[C@@]12C=C[C@@H](O1)[C@@H](C(=O)O)[C@@H]2C(=O)Nc1ccccc1C(F)(F)F. The van der Waals surface area contributed by atoms with E-state index in [1.165, 1.54) is 12.1 Å². The highest BCUT2D eigenvalue weighted by Crippen LogP contribution is 2.47. The standard InChI is InChI=1S/C16H14F3NO4/c1-15-7-6-10(24-15)11(14(22)23)12(15)13(21)20-9-5-3-2-4-8(9)16(17,18)19/h2-7,10-12H,1H3,(H,20,21)(H,22,23)/t10-,11-,12-,15+/m1/s1. The van der Waals surface area contributed by atoms with Crippen LogP contribution in [-0.4, -0.2) is 28.7 Å². The minimum absolute atomic E-state index is 0.408. The van der Waals surface area contributed by atoms with Gasteiger partial charge in [-0.05, 0) is 19.1 Å². The van der Waals surface area contributed by atoms with E-state index >= 15 is 0 Å². The molecule has 2 aliphatic rings. The molecule has 8 heteroatoms. The second-order valence-corrected chi connectivity index (χ2v) is 6.00. The molecule has 1 amide bonds. The maximum atomic E-state index is 13.0. The fraction of sp³-hybridized carbons (Fsp3) is 0.375. The van der Waals surface area contributed by atoms with Gasteiger partial charge in [0.2, 0.25) is 5.91 Å². The molecular formula is C16H14F3NO4. The van der Waals surface area contributed by atoms with Crippen LogP contribution in [0.3, 0.4) is 0 Å². The average Bonchev–Trinajstić information content (AvgIpc) is 2.99. The number of aliphatic carboxylic acids is 1. The number of carbonyl (C=O) groups excluding carboxylic acids is 1. The van der Waals surface area contributed by atoms with Crippen LogP contribution in [0, 0.1) is 11.8 Å². The first-order valence-electron chi connectivity index (χ1n) is 7.20. The van der Waals surface area contributed by atoms with Crippen LogP contribution in [-0.2, 0) is 20.5 Å². The van der Waals surface area contributed by atoms with Crippen molar-refractivity contribution in [3.05, 3.63) is 42.0 Å². The van der Waals surface area contributed by atoms with Gasteiger partial charge in [0.25, 0.3) is 0 Å². The van der Waals surface area contributed by atoms with Crippen molar-refractivity contribution in [3.8, 4) is 0 Å². The lowest BCUT2D eigenvalue weighted by molar-refractivity contribution is -0.146. The summed E-state index contributed by atoms with van der Waals surface area (Å²) in [6.07, 6.45) is -2.25. The Balaban J connectivity index is 1.91. The molecule has 1 aromatic rings. The second-order valence-electron chi connectivity index (χ2n) is 6.00. The number of carboxylic acids is 1. The zero-order chi connectivity index (χ0) is 17.7. The number of hydrogen-bond acceptors (Lipinski definition) is 3. The van der Waals surface area contributed by atoms with Crippen molar-refractivity contribution in [1.82, 2.24) is 0 Å². The van der Waals surface area contributed by atoms with E-state index in [-0.39, 0.29) is 0 Å². The Hall–Kier alpha value is -2.35. The molecule has 128 valence electrons. The summed E-state index contributed by atoms with van der Waals surface area (Å²) >= 11 is 0. The first-order chi connectivity index (χ1) is 11.1. The molecule has 0 spiro atoms. The number of anilines is 1. The van der Waals surface area contributed by atoms with Gasteiger partial charge in [-0.2, -0.15) is 13.2 Å². The summed E-state index contributed by atoms with van der Waals surface area (Å²) in [7, 11) is 0. The third-order valence-corrected chi connectivity index (χ3v) is 4.40. The third-order valence-electron chi connectivity index (χ3n) is 4.40. The first-order valence-corrected chi connectivity index (χ1v) is 7.20. The van der Waals surface area contributed by atoms with Gasteiger partial charge in [0.1, 0.15) is 5.92 Å². The van der Waals surface area contributed by atoms with Crippen LogP contribution in [0.2, 0.25) is 0 Å². The summed E-state index contributed by atoms with van der Waals surface area (Å²) in [5.74, 6) is -4.30. The molecule has 1 aromatic carbocycles. The van der Waals surface area contributed by atoms with E-state index in [0.29, 0.717) is 0 Å². The van der Waals surface area contributed by atoms with Crippen molar-refractivity contribution in [1.29, 1.82) is 0 Å². The number of alkyl halides is 3. The number of rotatable bonds is 3. The van der Waals surface area contributed by atoms with Crippen LogP contribution in [0.1, 0.15) is 12.5 Å². The highest BCUT2D eigenvalue weighted by atomic mass is 19.4. The van der Waals surface area contributed by atoms with Crippen LogP contribution in [0.25, 0.3) is 0 Å². The predicted octanol–water partition coefficient (Wildman–Crippen LogP) is 2.69. The van der Waals surface area contributed by atoms with E-state index in [9.17, 15) is 27.9 Å². The summed E-state index contributed by atoms with van der Waals surface area (Å²) in [6, 6.07) is 4.55. The van der Waals surface area contributed by atoms with E-state index in [2.05, 4.69) is 5.32 Å². The lowest BCUT2D eigenvalue weighted by atomic mass is 9.75. The van der Waals surface area contributed by atoms with Crippen molar-refractivity contribution in [2.45, 2.75) is 24.8 Å². The number of hydrogen-bond donors (Lipinski definition) is 2. The van der Waals surface area contributed by atoms with Crippen molar-refractivity contribution >= 4 is 17.6 Å². The number of carbonyl (C=O) groups is 2. The molecule has 0 aromatic heterocycles. The van der Waals surface area contributed by atoms with Gasteiger partial charge in [0.15, 0.2) is 0 Å². The number of ether oxygens (including phenoxy) is 1. The van der Waals surface area contributed by atoms with Gasteiger partial charge in [0.05, 0.1) is 28.9 Å². The molecular weight excluding hydrogens is 327 g/mol. The molecule has 2 heterocycles. The number of para-hydroxylation sites is 1. The highest BCUT2D eigenvalue weighted by Gasteiger charge is 2.59. The monoisotopic (exact) mass is 341 g/mol. The number of carboxylic acid groups (broad SMARTS) is 1. The van der Waals surface area contributed by atoms with Crippen molar-refractivity contribution in [2.24, 2.45) is 11.8 Å². The number of nitrogens with one attached hydrogen (secondary N) is 1. The molecule has 0 unspecified atom stereocenters. The van der Waals surface area contributed by atoms with E-state index in [4.69, 9.17) is 4.74 Å². The van der Waals surface area contributed by atoms with E-state index in [1.54, 1.807) is 19.1 Å². The summed E-state index contributed by atoms with van der Waals surface area (Å²) in [6.45, 7) is 1.55. The number of amides is 1. The molecule has 0 aliphatic carbocycles. The molecule has 24 heavy (non-hydrogen) atoms. The largest absolute Gasteiger partial charge is 0.481 e. The Bertz CT molecular complexity index is 730. The van der Waals surface area contributed by atoms with Crippen molar-refractivity contribution in [2.75, 3.05) is 5.32 Å². The van der Waals surface area contributed by atoms with Crippen LogP contribution in [0.4, 0.5) is 18.9 Å². The third kappa shape index (κ3) is 2.56. The van der Waals surface area contributed by atoms with Gasteiger partial charge in [-0.25, -0.2) is 0 Å². The molecule has 3 rings (SSSR count). The first kappa shape index (κ1) is 16.5. The lowest BCUT2D eigenvalue weighted by Crippen LogP contribution is -2.44. The average molecular weight is 341 g/mol. The van der Waals surface area contributed by atoms with Crippen LogP contribution >= 0.6 is 0 Å². The molecule has 2 N–H and O–H groups in total. The fourth-order valence-electron chi connectivity index (χ4n) is 3.33. The zero-order valence-electron chi connectivity index (χ0n) is 12.5. The van der Waals surface area contributed by atoms with Crippen LogP contribution in [0.5, 0.6) is 0 Å². The van der Waals surface area contributed by atoms with Crippen molar-refractivity contribution in [3.63, 3.8) is 0 Å². The summed E-state index contributed by atoms with van der Waals surface area (Å²) in [5.41, 5.74) is -2.55. The van der Waals surface area contributed by atoms with Gasteiger partial charge in [-0.3, -0.25) is 9.59 Å². The summed E-state index contributed by atoms with van der Waals surface area (Å²) in [5, 5.41) is 11.6. The van der Waals surface area contributed by atoms with E-state index in [0.717, 1.165) is 12.1 Å². The number of benzene rings is 1. The van der Waals surface area contributed by atoms with Crippen LogP contribution < -0.4 is 5.32 Å². The van der Waals surface area contributed by atoms with E-state index < -0.39 is 52.8 Å². The smallest absolute Gasteiger partial charge is 0.418 e. The zero-order valence-corrected chi connectivity index (χ0v) is 12.5. The molecule has 1 fully saturated rings. The van der Waals surface area contributed by atoms with Gasteiger partial charge in [0, 0.05) is 0 Å². The van der Waals surface area contributed by atoms with Gasteiger partial charge >= 0.3 is 12.1 Å². The number of halogens is 3. The molecule has 0 saturated carbocycles. The number of fused-ring (bicyclic) bond motifs is 2. The van der Waals surface area contributed by atoms with Gasteiger partial charge in [-0.1, -0.05) is 24.3 Å². The van der Waals surface area contributed by atoms with Gasteiger partial charge < -0.3 is 15.2 Å². The van der Waals surface area contributed by atoms with E-state index in [1.807, 2.05) is 0 Å². The lowest BCUT2D eigenvalue weighted by Gasteiger charge is -2.28. The Morgan fingerprint density at radius 3 is 2.58 bits per heavy atom. The fourth-order valence-corrected chi connectivity index (χ4v) is 3.33. The second kappa shape index (κ2) is 5.34. The molecule has 4 atom stereocenters. The summed E-state index contributed by atoms with van der Waals surface area (Å²) < 4.78 is 44.6. The Morgan fingerprint density at radius 1 is 1.29 bits per heavy atom.